The van der Waals surface area contributed by atoms with Gasteiger partial charge in [0.05, 0.1) is 6.61 Å². The first-order valence-corrected chi connectivity index (χ1v) is 6.55. The van der Waals surface area contributed by atoms with Crippen molar-refractivity contribution in [2.24, 2.45) is 17.6 Å². The predicted octanol–water partition coefficient (Wildman–Crippen LogP) is 1.24. The second-order valence-corrected chi connectivity index (χ2v) is 5.23. The molecule has 0 heterocycles. The van der Waals surface area contributed by atoms with Crippen LogP contribution in [0.4, 0.5) is 0 Å². The number of carbonyl (C=O) groups excluding carboxylic acids is 1. The Morgan fingerprint density at radius 3 is 2.82 bits per heavy atom. The maximum Gasteiger partial charge on any atom is 0.225 e. The van der Waals surface area contributed by atoms with Crippen LogP contribution in [0.5, 0.6) is 0 Å². The van der Waals surface area contributed by atoms with E-state index < -0.39 is 0 Å². The van der Waals surface area contributed by atoms with Crippen LogP contribution >= 0.6 is 0 Å². The minimum atomic E-state index is 0.0863. The number of amides is 1. The van der Waals surface area contributed by atoms with Crippen molar-refractivity contribution in [2.75, 3.05) is 27.3 Å². The standard InChI is InChI=1S/C13H26N2O2/c1-10(11-5-4-6-12(14)9-11)13(16)15(2)7-8-17-3/h10-12H,4-9,14H2,1-3H3. The number of rotatable bonds is 5. The lowest BCUT2D eigenvalue weighted by atomic mass is 9.78. The number of carbonyl (C=O) groups is 1. The SMILES string of the molecule is COCCN(C)C(=O)C(C)C1CCCC(N)C1. The zero-order valence-electron chi connectivity index (χ0n) is 11.3. The molecule has 1 saturated carbocycles. The van der Waals surface area contributed by atoms with Gasteiger partial charge in [0.15, 0.2) is 0 Å². The van der Waals surface area contributed by atoms with Gasteiger partial charge in [0.25, 0.3) is 0 Å². The van der Waals surface area contributed by atoms with Crippen LogP contribution in [-0.4, -0.2) is 44.2 Å². The first kappa shape index (κ1) is 14.5. The quantitative estimate of drug-likeness (QED) is 0.789. The molecule has 0 aromatic heterocycles. The Hall–Kier alpha value is -0.610. The van der Waals surface area contributed by atoms with Gasteiger partial charge in [-0.25, -0.2) is 0 Å². The van der Waals surface area contributed by atoms with Crippen molar-refractivity contribution in [1.29, 1.82) is 0 Å². The minimum Gasteiger partial charge on any atom is -0.383 e. The molecule has 0 aromatic carbocycles. The maximum absolute atomic E-state index is 12.2. The van der Waals surface area contributed by atoms with Crippen LogP contribution in [0.25, 0.3) is 0 Å². The number of ether oxygens (including phenoxy) is 1. The molecule has 1 amide bonds. The Balaban J connectivity index is 2.44. The molecule has 1 aliphatic carbocycles. The molecule has 100 valence electrons. The summed E-state index contributed by atoms with van der Waals surface area (Å²) in [5.74, 6) is 0.764. The number of nitrogens with two attached hydrogens (primary N) is 1. The van der Waals surface area contributed by atoms with E-state index in [1.807, 2.05) is 14.0 Å². The lowest BCUT2D eigenvalue weighted by Gasteiger charge is -2.32. The fraction of sp³-hybridized carbons (Fsp3) is 0.923. The van der Waals surface area contributed by atoms with Gasteiger partial charge in [-0.05, 0) is 25.2 Å². The average molecular weight is 242 g/mol. The molecule has 0 spiro atoms. The molecule has 0 saturated heterocycles. The summed E-state index contributed by atoms with van der Waals surface area (Å²) in [6.45, 7) is 3.30. The molecule has 0 aliphatic heterocycles. The van der Waals surface area contributed by atoms with E-state index >= 15 is 0 Å². The molecule has 0 radical (unpaired) electrons. The highest BCUT2D eigenvalue weighted by Gasteiger charge is 2.29. The Bertz CT molecular complexity index is 246. The van der Waals surface area contributed by atoms with Crippen LogP contribution in [-0.2, 0) is 9.53 Å². The van der Waals surface area contributed by atoms with Crippen LogP contribution in [0.3, 0.4) is 0 Å². The maximum atomic E-state index is 12.2. The lowest BCUT2D eigenvalue weighted by molar-refractivity contribution is -0.136. The molecule has 1 aliphatic rings. The van der Waals surface area contributed by atoms with Crippen molar-refractivity contribution in [3.8, 4) is 0 Å². The third-order valence-corrected chi connectivity index (χ3v) is 3.86. The number of hydrogen-bond acceptors (Lipinski definition) is 3. The molecule has 3 unspecified atom stereocenters. The van der Waals surface area contributed by atoms with Gasteiger partial charge in [0.2, 0.25) is 5.91 Å². The van der Waals surface area contributed by atoms with E-state index in [4.69, 9.17) is 10.5 Å². The van der Waals surface area contributed by atoms with Crippen LogP contribution < -0.4 is 5.73 Å². The van der Waals surface area contributed by atoms with E-state index in [0.29, 0.717) is 19.1 Å². The Morgan fingerprint density at radius 2 is 2.24 bits per heavy atom. The van der Waals surface area contributed by atoms with E-state index in [1.165, 1.54) is 0 Å². The topological polar surface area (TPSA) is 55.6 Å². The van der Waals surface area contributed by atoms with Gasteiger partial charge >= 0.3 is 0 Å². The number of likely N-dealkylation sites (N-methyl/N-ethyl adjacent to an activating group) is 1. The minimum absolute atomic E-state index is 0.0863. The molecule has 2 N–H and O–H groups in total. The number of hydrogen-bond donors (Lipinski definition) is 1. The summed E-state index contributed by atoms with van der Waals surface area (Å²) >= 11 is 0. The normalized spacial score (nSPS) is 26.6. The Morgan fingerprint density at radius 1 is 1.53 bits per heavy atom. The highest BCUT2D eigenvalue weighted by molar-refractivity contribution is 5.78. The van der Waals surface area contributed by atoms with Crippen LogP contribution in [0.2, 0.25) is 0 Å². The highest BCUT2D eigenvalue weighted by atomic mass is 16.5. The average Bonchev–Trinajstić information content (AvgIpc) is 2.34. The van der Waals surface area contributed by atoms with Crippen molar-refractivity contribution in [1.82, 2.24) is 4.90 Å². The molecule has 17 heavy (non-hydrogen) atoms. The summed E-state index contributed by atoms with van der Waals surface area (Å²) in [7, 11) is 3.50. The first-order valence-electron chi connectivity index (χ1n) is 6.55. The van der Waals surface area contributed by atoms with E-state index in [0.717, 1.165) is 25.7 Å². The van der Waals surface area contributed by atoms with Crippen LogP contribution in [0.15, 0.2) is 0 Å². The zero-order valence-corrected chi connectivity index (χ0v) is 11.3. The fourth-order valence-corrected chi connectivity index (χ4v) is 2.61. The van der Waals surface area contributed by atoms with Crippen molar-refractivity contribution < 1.29 is 9.53 Å². The van der Waals surface area contributed by atoms with Crippen LogP contribution in [0, 0.1) is 11.8 Å². The molecule has 0 aromatic rings. The van der Waals surface area contributed by atoms with E-state index in [9.17, 15) is 4.79 Å². The van der Waals surface area contributed by atoms with E-state index in [1.54, 1.807) is 12.0 Å². The van der Waals surface area contributed by atoms with Gasteiger partial charge in [0, 0.05) is 32.7 Å². The second-order valence-electron chi connectivity index (χ2n) is 5.23. The van der Waals surface area contributed by atoms with Gasteiger partial charge in [-0.3, -0.25) is 4.79 Å². The summed E-state index contributed by atoms with van der Waals surface area (Å²) in [5, 5.41) is 0. The third kappa shape index (κ3) is 4.28. The number of methoxy groups -OCH3 is 1. The molecule has 4 heteroatoms. The molecule has 4 nitrogen and oxygen atoms in total. The van der Waals surface area contributed by atoms with Gasteiger partial charge in [-0.2, -0.15) is 0 Å². The molecule has 1 fully saturated rings. The van der Waals surface area contributed by atoms with Crippen molar-refractivity contribution in [2.45, 2.75) is 38.6 Å². The summed E-state index contributed by atoms with van der Waals surface area (Å²) < 4.78 is 4.99. The smallest absolute Gasteiger partial charge is 0.225 e. The van der Waals surface area contributed by atoms with E-state index in [-0.39, 0.29) is 17.9 Å². The summed E-state index contributed by atoms with van der Waals surface area (Å²) in [4.78, 5) is 14.0. The monoisotopic (exact) mass is 242 g/mol. The molecular formula is C13H26N2O2. The van der Waals surface area contributed by atoms with Gasteiger partial charge in [-0.15, -0.1) is 0 Å². The first-order chi connectivity index (χ1) is 8.06. The summed E-state index contributed by atoms with van der Waals surface area (Å²) in [6.07, 6.45) is 4.39. The van der Waals surface area contributed by atoms with Crippen LogP contribution in [0.1, 0.15) is 32.6 Å². The van der Waals surface area contributed by atoms with E-state index in [2.05, 4.69) is 0 Å². The van der Waals surface area contributed by atoms with Gasteiger partial charge < -0.3 is 15.4 Å². The number of nitrogens with zero attached hydrogens (tertiary/aromatic N) is 1. The predicted molar refractivity (Wildman–Crippen MR) is 68.6 cm³/mol. The molecule has 1 rings (SSSR count). The van der Waals surface area contributed by atoms with Crippen molar-refractivity contribution in [3.63, 3.8) is 0 Å². The van der Waals surface area contributed by atoms with Gasteiger partial charge in [-0.1, -0.05) is 13.3 Å². The van der Waals surface area contributed by atoms with Gasteiger partial charge in [0.1, 0.15) is 0 Å². The fourth-order valence-electron chi connectivity index (χ4n) is 2.61. The summed E-state index contributed by atoms with van der Waals surface area (Å²) in [5.41, 5.74) is 5.97. The Kier molecular flexibility index (Phi) is 5.92. The third-order valence-electron chi connectivity index (χ3n) is 3.86. The lowest BCUT2D eigenvalue weighted by Crippen LogP contribution is -2.40. The Labute approximate surface area is 104 Å². The summed E-state index contributed by atoms with van der Waals surface area (Å²) in [6, 6.07) is 0.285. The molecular weight excluding hydrogens is 216 g/mol. The van der Waals surface area contributed by atoms with Crippen molar-refractivity contribution >= 4 is 5.91 Å². The highest BCUT2D eigenvalue weighted by Crippen LogP contribution is 2.30. The zero-order chi connectivity index (χ0) is 12.8. The largest absolute Gasteiger partial charge is 0.383 e. The molecule has 0 bridgehead atoms. The molecule has 3 atom stereocenters. The second kappa shape index (κ2) is 6.97. The van der Waals surface area contributed by atoms with Crippen molar-refractivity contribution in [3.05, 3.63) is 0 Å².